The predicted molar refractivity (Wildman–Crippen MR) is 168 cm³/mol. The minimum Gasteiger partial charge on any atom is -0.374 e. The molecule has 0 amide bonds. The van der Waals surface area contributed by atoms with Gasteiger partial charge in [-0.3, -0.25) is 0 Å². The summed E-state index contributed by atoms with van der Waals surface area (Å²) >= 11 is 0. The Kier molecular flexibility index (Phi) is 10.3. The quantitative estimate of drug-likeness (QED) is 0.155. The van der Waals surface area contributed by atoms with Crippen LogP contribution in [0.4, 0.5) is 0 Å². The summed E-state index contributed by atoms with van der Waals surface area (Å²) in [5.74, 6) is -1.15. The van der Waals surface area contributed by atoms with E-state index in [0.29, 0.717) is 39.6 Å². The third-order valence-electron chi connectivity index (χ3n) is 7.93. The second kappa shape index (κ2) is 14.9. The van der Waals surface area contributed by atoms with E-state index in [1.165, 1.54) is 0 Å². The van der Waals surface area contributed by atoms with Crippen molar-refractivity contribution >= 4 is 0 Å². The lowest BCUT2D eigenvalue weighted by molar-refractivity contribution is -0.357. The van der Waals surface area contributed by atoms with Crippen molar-refractivity contribution in [1.82, 2.24) is 0 Å². The van der Waals surface area contributed by atoms with E-state index < -0.39 is 30.2 Å². The fraction of sp³-hybridized carbons (Fsp3) is 0.316. The summed E-state index contributed by atoms with van der Waals surface area (Å²) in [6.45, 7) is 4.40. The zero-order valence-corrected chi connectivity index (χ0v) is 25.1. The highest BCUT2D eigenvalue weighted by molar-refractivity contribution is 5.21. The SMILES string of the molecule is CC1=C[C@@]2(OC1)O[C@H](COCc1ccccc1)[C@@H](OCc1ccccc1)[C@H](OCc1ccccc1)[C@@H]2OCc1ccccc1. The molecule has 1 fully saturated rings. The van der Waals surface area contributed by atoms with Crippen molar-refractivity contribution < 1.29 is 28.4 Å². The second-order valence-corrected chi connectivity index (χ2v) is 11.4. The Morgan fingerprint density at radius 3 is 1.52 bits per heavy atom. The van der Waals surface area contributed by atoms with Crippen LogP contribution >= 0.6 is 0 Å². The van der Waals surface area contributed by atoms with E-state index in [4.69, 9.17) is 28.4 Å². The van der Waals surface area contributed by atoms with Crippen molar-refractivity contribution in [2.24, 2.45) is 0 Å². The predicted octanol–water partition coefficient (Wildman–Crippen LogP) is 7.03. The van der Waals surface area contributed by atoms with Crippen LogP contribution in [0.5, 0.6) is 0 Å². The number of rotatable bonds is 13. The Hall–Kier alpha value is -3.62. The van der Waals surface area contributed by atoms with Crippen LogP contribution in [0, 0.1) is 0 Å². The molecule has 6 rings (SSSR count). The van der Waals surface area contributed by atoms with Crippen molar-refractivity contribution in [3.05, 3.63) is 155 Å². The van der Waals surface area contributed by atoms with E-state index in [9.17, 15) is 0 Å². The summed E-state index contributed by atoms with van der Waals surface area (Å²) < 4.78 is 39.8. The summed E-state index contributed by atoms with van der Waals surface area (Å²) in [5.41, 5.74) is 5.35. The highest BCUT2D eigenvalue weighted by Crippen LogP contribution is 2.42. The zero-order valence-electron chi connectivity index (χ0n) is 25.1. The number of hydrogen-bond acceptors (Lipinski definition) is 6. The normalized spacial score (nSPS) is 24.8. The molecule has 0 aliphatic carbocycles. The molecule has 2 heterocycles. The molecule has 0 radical (unpaired) electrons. The molecule has 0 saturated carbocycles. The fourth-order valence-electron chi connectivity index (χ4n) is 5.75. The molecule has 4 aromatic rings. The fourth-order valence-corrected chi connectivity index (χ4v) is 5.75. The first kappa shape index (κ1) is 30.4. The first-order chi connectivity index (χ1) is 21.7. The van der Waals surface area contributed by atoms with Gasteiger partial charge in [-0.2, -0.15) is 0 Å². The van der Waals surface area contributed by atoms with Gasteiger partial charge in [-0.25, -0.2) is 0 Å². The minimum absolute atomic E-state index is 0.295. The molecule has 0 unspecified atom stereocenters. The molecule has 1 spiro atoms. The molecule has 6 heteroatoms. The number of ether oxygens (including phenoxy) is 6. The third-order valence-corrected chi connectivity index (χ3v) is 7.93. The van der Waals surface area contributed by atoms with Gasteiger partial charge in [0.1, 0.15) is 24.4 Å². The van der Waals surface area contributed by atoms with Gasteiger partial charge in [0.15, 0.2) is 0 Å². The van der Waals surface area contributed by atoms with E-state index in [2.05, 4.69) is 48.5 Å². The van der Waals surface area contributed by atoms with Crippen molar-refractivity contribution in [2.45, 2.75) is 63.6 Å². The summed E-state index contributed by atoms with van der Waals surface area (Å²) in [7, 11) is 0. The van der Waals surface area contributed by atoms with Gasteiger partial charge >= 0.3 is 0 Å². The average Bonchev–Trinajstić information content (AvgIpc) is 3.44. The first-order valence-electron chi connectivity index (χ1n) is 15.3. The Morgan fingerprint density at radius 2 is 1.05 bits per heavy atom. The Labute approximate surface area is 260 Å². The molecule has 1 saturated heterocycles. The molecule has 6 nitrogen and oxygen atoms in total. The zero-order chi connectivity index (χ0) is 30.0. The van der Waals surface area contributed by atoms with Gasteiger partial charge in [0, 0.05) is 0 Å². The lowest BCUT2D eigenvalue weighted by Crippen LogP contribution is -2.66. The molecule has 228 valence electrons. The molecular weight excluding hydrogens is 552 g/mol. The Balaban J connectivity index is 1.32. The molecule has 0 aromatic heterocycles. The van der Waals surface area contributed by atoms with Gasteiger partial charge in [-0.1, -0.05) is 121 Å². The molecule has 44 heavy (non-hydrogen) atoms. The van der Waals surface area contributed by atoms with Crippen molar-refractivity contribution in [3.8, 4) is 0 Å². The van der Waals surface area contributed by atoms with Crippen LogP contribution in [-0.2, 0) is 54.8 Å². The molecule has 0 bridgehead atoms. The largest absolute Gasteiger partial charge is 0.374 e. The first-order valence-corrected chi connectivity index (χ1v) is 15.3. The number of hydrogen-bond donors (Lipinski definition) is 0. The molecular formula is C38H40O6. The van der Waals surface area contributed by atoms with Gasteiger partial charge < -0.3 is 28.4 Å². The van der Waals surface area contributed by atoms with Crippen molar-refractivity contribution in [3.63, 3.8) is 0 Å². The highest BCUT2D eigenvalue weighted by Gasteiger charge is 2.58. The standard InChI is InChI=1S/C38H40O6/c1-29-22-38(43-23-29)37(42-27-33-20-12-5-13-21-33)36(41-26-32-18-10-4-11-19-32)35(40-25-31-16-8-3-9-17-31)34(44-38)28-39-24-30-14-6-2-7-15-30/h2-22,34-37H,23-28H2,1H3/t34-,35-,36+,37+,38-/m1/s1. The van der Waals surface area contributed by atoms with Gasteiger partial charge in [0.25, 0.3) is 0 Å². The maximum Gasteiger partial charge on any atom is 0.218 e. The Morgan fingerprint density at radius 1 is 0.591 bits per heavy atom. The third kappa shape index (κ3) is 7.71. The summed E-state index contributed by atoms with van der Waals surface area (Å²) in [5, 5.41) is 0. The molecule has 0 N–H and O–H groups in total. The average molecular weight is 593 g/mol. The maximum atomic E-state index is 6.87. The smallest absolute Gasteiger partial charge is 0.218 e. The highest BCUT2D eigenvalue weighted by atomic mass is 16.7. The van der Waals surface area contributed by atoms with E-state index >= 15 is 0 Å². The van der Waals surface area contributed by atoms with Crippen LogP contribution in [-0.4, -0.2) is 43.4 Å². The van der Waals surface area contributed by atoms with Crippen molar-refractivity contribution in [1.29, 1.82) is 0 Å². The van der Waals surface area contributed by atoms with E-state index in [1.807, 2.05) is 85.8 Å². The molecule has 2 aliphatic heterocycles. The second-order valence-electron chi connectivity index (χ2n) is 11.4. The summed E-state index contributed by atoms with van der Waals surface area (Å²) in [6.07, 6.45) is -0.0705. The van der Waals surface area contributed by atoms with E-state index in [0.717, 1.165) is 27.8 Å². The van der Waals surface area contributed by atoms with Crippen molar-refractivity contribution in [2.75, 3.05) is 13.2 Å². The molecule has 2 aliphatic rings. The Bertz CT molecular complexity index is 1450. The topological polar surface area (TPSA) is 55.4 Å². The van der Waals surface area contributed by atoms with Gasteiger partial charge in [-0.05, 0) is 40.8 Å². The van der Waals surface area contributed by atoms with Crippen LogP contribution in [0.25, 0.3) is 0 Å². The number of benzene rings is 4. The van der Waals surface area contributed by atoms with E-state index in [1.54, 1.807) is 0 Å². The minimum atomic E-state index is -1.15. The summed E-state index contributed by atoms with van der Waals surface area (Å²) in [4.78, 5) is 0. The molecule has 5 atom stereocenters. The monoisotopic (exact) mass is 592 g/mol. The maximum absolute atomic E-state index is 6.87. The van der Waals surface area contributed by atoms with Gasteiger partial charge in [0.2, 0.25) is 5.79 Å². The van der Waals surface area contributed by atoms with Crippen LogP contribution in [0.15, 0.2) is 133 Å². The lowest BCUT2D eigenvalue weighted by atomic mass is 9.91. The van der Waals surface area contributed by atoms with E-state index in [-0.39, 0.29) is 0 Å². The van der Waals surface area contributed by atoms with Crippen LogP contribution in [0.3, 0.4) is 0 Å². The van der Waals surface area contributed by atoms with Crippen LogP contribution in [0.2, 0.25) is 0 Å². The molecule has 4 aromatic carbocycles. The summed E-state index contributed by atoms with van der Waals surface area (Å²) in [6, 6.07) is 40.6. The van der Waals surface area contributed by atoms with Crippen LogP contribution in [0.1, 0.15) is 29.2 Å². The van der Waals surface area contributed by atoms with Crippen LogP contribution < -0.4 is 0 Å². The lowest BCUT2D eigenvalue weighted by Gasteiger charge is -2.50. The van der Waals surface area contributed by atoms with Gasteiger partial charge in [0.05, 0.1) is 39.6 Å². The van der Waals surface area contributed by atoms with Gasteiger partial charge in [-0.15, -0.1) is 0 Å².